The molecule has 0 saturated heterocycles. The van der Waals surface area contributed by atoms with Gasteiger partial charge in [0.15, 0.2) is 0 Å². The Labute approximate surface area is 299 Å². The van der Waals surface area contributed by atoms with Crippen molar-refractivity contribution in [3.63, 3.8) is 0 Å². The van der Waals surface area contributed by atoms with Crippen LogP contribution in [-0.2, 0) is 0 Å². The van der Waals surface area contributed by atoms with Gasteiger partial charge < -0.3 is 4.90 Å². The van der Waals surface area contributed by atoms with Crippen LogP contribution in [0.4, 0.5) is 17.1 Å². The molecular formula is C50H35N. The van der Waals surface area contributed by atoms with Crippen LogP contribution in [0, 0.1) is 0 Å². The summed E-state index contributed by atoms with van der Waals surface area (Å²) in [5.74, 6) is 0. The molecule has 0 atom stereocenters. The number of benzene rings is 9. The minimum absolute atomic E-state index is 1.10. The van der Waals surface area contributed by atoms with E-state index >= 15 is 0 Å². The van der Waals surface area contributed by atoms with E-state index in [4.69, 9.17) is 0 Å². The molecule has 0 N–H and O–H groups in total. The molecule has 0 aliphatic heterocycles. The summed E-state index contributed by atoms with van der Waals surface area (Å²) in [5.41, 5.74) is 12.9. The summed E-state index contributed by atoms with van der Waals surface area (Å²) >= 11 is 0. The smallest absolute Gasteiger partial charge is 0.0546 e. The molecule has 1 heteroatoms. The molecule has 240 valence electrons. The van der Waals surface area contributed by atoms with Crippen molar-refractivity contribution in [2.24, 2.45) is 0 Å². The summed E-state index contributed by atoms with van der Waals surface area (Å²) in [6.45, 7) is 0. The molecule has 0 radical (unpaired) electrons. The highest BCUT2D eigenvalue weighted by Crippen LogP contribution is 2.44. The first kappa shape index (κ1) is 30.4. The molecule has 0 aromatic heterocycles. The summed E-state index contributed by atoms with van der Waals surface area (Å²) in [6.07, 6.45) is 0. The first-order chi connectivity index (χ1) is 25.3. The van der Waals surface area contributed by atoms with E-state index in [1.54, 1.807) is 0 Å². The topological polar surface area (TPSA) is 3.24 Å². The second-order valence-corrected chi connectivity index (χ2v) is 13.0. The molecule has 0 spiro atoms. The molecule has 9 rings (SSSR count). The second-order valence-electron chi connectivity index (χ2n) is 13.0. The number of nitrogens with zero attached hydrogens (tertiary/aromatic N) is 1. The van der Waals surface area contributed by atoms with E-state index in [9.17, 15) is 0 Å². The van der Waals surface area contributed by atoms with Crippen LogP contribution < -0.4 is 4.90 Å². The van der Waals surface area contributed by atoms with Crippen molar-refractivity contribution < 1.29 is 0 Å². The lowest BCUT2D eigenvalue weighted by molar-refractivity contribution is 1.28. The maximum absolute atomic E-state index is 2.40. The van der Waals surface area contributed by atoms with Gasteiger partial charge in [0.25, 0.3) is 0 Å². The Balaban J connectivity index is 1.16. The monoisotopic (exact) mass is 649 g/mol. The SMILES string of the molecule is c1ccc(-c2ccc(-c3cccc4ccccc34)cc2N(c2ccccc2)c2ccc(-c3cccc(-c4ccc5ccccc5c4)c3)cc2)cc1. The fraction of sp³-hybridized carbons (Fsp3) is 0. The molecule has 0 bridgehead atoms. The van der Waals surface area contributed by atoms with Crippen molar-refractivity contribution in [1.82, 2.24) is 0 Å². The Bertz CT molecular complexity index is 2620. The zero-order valence-electron chi connectivity index (χ0n) is 28.2. The van der Waals surface area contributed by atoms with E-state index in [2.05, 4.69) is 217 Å². The fourth-order valence-corrected chi connectivity index (χ4v) is 7.28. The standard InChI is InChI=1S/C50H35N/c1-3-14-39(15-4-1)49-32-29-44(48-24-12-18-38-16-9-10-23-47(38)48)35-50(49)51(45-21-5-2-6-22-45)46-30-27-37(28-31-46)41-19-11-20-42(33-41)43-26-25-36-13-7-8-17-40(36)34-43/h1-35H. The Morgan fingerprint density at radius 1 is 0.255 bits per heavy atom. The van der Waals surface area contributed by atoms with Crippen LogP contribution >= 0.6 is 0 Å². The average molecular weight is 650 g/mol. The van der Waals surface area contributed by atoms with Gasteiger partial charge in [-0.25, -0.2) is 0 Å². The van der Waals surface area contributed by atoms with Crippen molar-refractivity contribution in [3.05, 3.63) is 212 Å². The molecule has 0 aliphatic rings. The maximum Gasteiger partial charge on any atom is 0.0546 e. The molecule has 0 heterocycles. The van der Waals surface area contributed by atoms with Crippen LogP contribution in [0.1, 0.15) is 0 Å². The van der Waals surface area contributed by atoms with Gasteiger partial charge in [0.1, 0.15) is 0 Å². The molecule has 1 nitrogen and oxygen atoms in total. The minimum atomic E-state index is 1.10. The Hall–Kier alpha value is -6.70. The van der Waals surface area contributed by atoms with Gasteiger partial charge in [-0.05, 0) is 103 Å². The molecule has 0 fully saturated rings. The van der Waals surface area contributed by atoms with Gasteiger partial charge in [-0.2, -0.15) is 0 Å². The van der Waals surface area contributed by atoms with Crippen LogP contribution in [0.25, 0.3) is 66.1 Å². The van der Waals surface area contributed by atoms with E-state index in [1.807, 2.05) is 0 Å². The third kappa shape index (κ3) is 5.96. The van der Waals surface area contributed by atoms with Gasteiger partial charge in [0.05, 0.1) is 5.69 Å². The van der Waals surface area contributed by atoms with Gasteiger partial charge >= 0.3 is 0 Å². The van der Waals surface area contributed by atoms with Crippen LogP contribution in [0.3, 0.4) is 0 Å². The second kappa shape index (κ2) is 13.3. The largest absolute Gasteiger partial charge is 0.310 e. The zero-order chi connectivity index (χ0) is 34.0. The lowest BCUT2D eigenvalue weighted by Gasteiger charge is -2.29. The lowest BCUT2D eigenvalue weighted by Crippen LogP contribution is -2.11. The zero-order valence-corrected chi connectivity index (χ0v) is 28.2. The molecule has 0 unspecified atom stereocenters. The summed E-state index contributed by atoms with van der Waals surface area (Å²) in [6, 6.07) is 76.7. The van der Waals surface area contributed by atoms with E-state index in [-0.39, 0.29) is 0 Å². The van der Waals surface area contributed by atoms with Gasteiger partial charge in [-0.3, -0.25) is 0 Å². The van der Waals surface area contributed by atoms with Crippen LogP contribution in [-0.4, -0.2) is 0 Å². The molecule has 51 heavy (non-hydrogen) atoms. The Morgan fingerprint density at radius 3 is 1.61 bits per heavy atom. The number of hydrogen-bond donors (Lipinski definition) is 0. The number of anilines is 3. The van der Waals surface area contributed by atoms with Crippen LogP contribution in [0.15, 0.2) is 212 Å². The first-order valence-corrected chi connectivity index (χ1v) is 17.5. The van der Waals surface area contributed by atoms with Gasteiger partial charge in [-0.15, -0.1) is 0 Å². The van der Waals surface area contributed by atoms with Crippen LogP contribution in [0.2, 0.25) is 0 Å². The Morgan fingerprint density at radius 2 is 0.804 bits per heavy atom. The third-order valence-corrected chi connectivity index (χ3v) is 9.84. The van der Waals surface area contributed by atoms with E-state index in [0.29, 0.717) is 0 Å². The van der Waals surface area contributed by atoms with Crippen molar-refractivity contribution in [3.8, 4) is 44.5 Å². The predicted octanol–water partition coefficient (Wildman–Crippen LogP) is 14.1. The highest BCUT2D eigenvalue weighted by molar-refractivity contribution is 5.99. The molecular weight excluding hydrogens is 615 g/mol. The summed E-state index contributed by atoms with van der Waals surface area (Å²) in [4.78, 5) is 2.40. The van der Waals surface area contributed by atoms with Gasteiger partial charge in [-0.1, -0.05) is 170 Å². The normalized spacial score (nSPS) is 11.1. The lowest BCUT2D eigenvalue weighted by atomic mass is 9.94. The average Bonchev–Trinajstić information content (AvgIpc) is 3.21. The summed E-state index contributed by atoms with van der Waals surface area (Å²) in [5, 5.41) is 5.00. The first-order valence-electron chi connectivity index (χ1n) is 17.5. The maximum atomic E-state index is 2.40. The third-order valence-electron chi connectivity index (χ3n) is 9.84. The summed E-state index contributed by atoms with van der Waals surface area (Å²) in [7, 11) is 0. The van der Waals surface area contributed by atoms with E-state index in [0.717, 1.165) is 17.1 Å². The number of hydrogen-bond acceptors (Lipinski definition) is 1. The number of para-hydroxylation sites is 1. The van der Waals surface area contributed by atoms with Crippen molar-refractivity contribution in [2.75, 3.05) is 4.90 Å². The highest BCUT2D eigenvalue weighted by atomic mass is 15.1. The van der Waals surface area contributed by atoms with E-state index < -0.39 is 0 Å². The Kier molecular flexibility index (Phi) is 7.92. The predicted molar refractivity (Wildman–Crippen MR) is 218 cm³/mol. The van der Waals surface area contributed by atoms with Crippen molar-refractivity contribution >= 4 is 38.6 Å². The quantitative estimate of drug-likeness (QED) is 0.166. The number of fused-ring (bicyclic) bond motifs is 2. The highest BCUT2D eigenvalue weighted by Gasteiger charge is 2.19. The molecule has 0 aliphatic carbocycles. The van der Waals surface area contributed by atoms with Crippen LogP contribution in [0.5, 0.6) is 0 Å². The van der Waals surface area contributed by atoms with Crippen molar-refractivity contribution in [2.45, 2.75) is 0 Å². The fourth-order valence-electron chi connectivity index (χ4n) is 7.28. The molecule has 0 amide bonds. The molecule has 9 aromatic carbocycles. The van der Waals surface area contributed by atoms with Gasteiger partial charge in [0.2, 0.25) is 0 Å². The van der Waals surface area contributed by atoms with E-state index in [1.165, 1.54) is 66.1 Å². The minimum Gasteiger partial charge on any atom is -0.310 e. The molecule has 0 saturated carbocycles. The number of rotatable bonds is 7. The molecule has 9 aromatic rings. The van der Waals surface area contributed by atoms with Crippen molar-refractivity contribution in [1.29, 1.82) is 0 Å². The van der Waals surface area contributed by atoms with Gasteiger partial charge in [0, 0.05) is 16.9 Å². The summed E-state index contributed by atoms with van der Waals surface area (Å²) < 4.78 is 0.